The maximum absolute atomic E-state index is 12.9. The van der Waals surface area contributed by atoms with Crippen LogP contribution in [0, 0.1) is 0 Å². The number of aliphatic carboxylic acids is 1. The molecule has 0 bridgehead atoms. The van der Waals surface area contributed by atoms with Crippen LogP contribution in [0.4, 0.5) is 5.13 Å². The Labute approximate surface area is 191 Å². The molecular formula is C15H22N6O8S3. The Morgan fingerprint density at radius 1 is 1.47 bits per heavy atom. The van der Waals surface area contributed by atoms with Gasteiger partial charge < -0.3 is 26.7 Å². The van der Waals surface area contributed by atoms with E-state index in [0.29, 0.717) is 12.3 Å². The summed E-state index contributed by atoms with van der Waals surface area (Å²) in [6.07, 6.45) is 1.21. The summed E-state index contributed by atoms with van der Waals surface area (Å²) in [6.45, 7) is 2.72. The second-order valence-electron chi connectivity index (χ2n) is 6.90. The first kappa shape index (κ1) is 25.8. The highest BCUT2D eigenvalue weighted by molar-refractivity contribution is 7.99. The number of carbonyl (C=O) groups excluding carboxylic acids is 2. The number of nitrogens with one attached hydrogen (secondary N) is 1. The Kier molecular flexibility index (Phi) is 8.05. The van der Waals surface area contributed by atoms with Crippen LogP contribution in [0.15, 0.2) is 11.4 Å². The summed E-state index contributed by atoms with van der Waals surface area (Å²) in [6, 6.07) is -2.36. The zero-order chi connectivity index (χ0) is 24.3. The molecule has 7 N–H and O–H groups in total. The number of β-lactam (4-membered cyclic amide) rings is 1. The molecule has 1 saturated heterocycles. The second kappa shape index (κ2) is 9.99. The number of carboxylic acid groups (broad SMARTS) is 1. The summed E-state index contributed by atoms with van der Waals surface area (Å²) in [5, 5.41) is 15.2. The van der Waals surface area contributed by atoms with Crippen LogP contribution in [0.2, 0.25) is 0 Å². The van der Waals surface area contributed by atoms with Gasteiger partial charge in [-0.1, -0.05) is 16.5 Å². The molecule has 1 fully saturated rings. The van der Waals surface area contributed by atoms with Gasteiger partial charge in [-0.25, -0.2) is 14.1 Å². The topological polar surface area (TPSA) is 228 Å². The lowest BCUT2D eigenvalue weighted by molar-refractivity contribution is -0.161. The molecule has 1 aromatic rings. The van der Waals surface area contributed by atoms with E-state index in [2.05, 4.69) is 15.5 Å². The molecule has 17 heteroatoms. The Bertz CT molecular complexity index is 1020. The number of hydrogen-bond donors (Lipinski definition) is 5. The van der Waals surface area contributed by atoms with Crippen LogP contribution in [0.3, 0.4) is 0 Å². The smallest absolute Gasteiger partial charge is 0.362 e. The molecule has 0 saturated carbocycles. The molecule has 2 rings (SSSR count). The lowest BCUT2D eigenvalue weighted by Crippen LogP contribution is -2.73. The Balaban J connectivity index is 2.29. The Hall–Kier alpha value is -2.47. The SMILES string of the molecule is CC(C)(O/N=C(\C(=O)N[C@@H]1C(=O)N(S(=O)(=O)O)[C@H]1CSCCN)c1cnc(N)s1)C(=O)O. The summed E-state index contributed by atoms with van der Waals surface area (Å²) in [5.74, 6) is -2.84. The van der Waals surface area contributed by atoms with Gasteiger partial charge in [-0.05, 0) is 13.8 Å². The molecular weight excluding hydrogens is 488 g/mol. The fourth-order valence-electron chi connectivity index (χ4n) is 2.42. The minimum atomic E-state index is -4.84. The molecule has 0 aromatic carbocycles. The number of rotatable bonds is 11. The van der Waals surface area contributed by atoms with E-state index < -0.39 is 51.5 Å². The normalized spacial score (nSPS) is 19.4. The molecule has 14 nitrogen and oxygen atoms in total. The number of aromatic nitrogens is 1. The number of carboxylic acids is 1. The monoisotopic (exact) mass is 510 g/mol. The van der Waals surface area contributed by atoms with Gasteiger partial charge in [0, 0.05) is 24.2 Å². The van der Waals surface area contributed by atoms with E-state index >= 15 is 0 Å². The van der Waals surface area contributed by atoms with Crippen LogP contribution in [0.5, 0.6) is 0 Å². The molecule has 32 heavy (non-hydrogen) atoms. The fraction of sp³-hybridized carbons (Fsp3) is 0.533. The summed E-state index contributed by atoms with van der Waals surface area (Å²) in [4.78, 5) is 45.4. The molecule has 0 radical (unpaired) electrons. The first-order chi connectivity index (χ1) is 14.8. The van der Waals surface area contributed by atoms with Crippen LogP contribution >= 0.6 is 23.1 Å². The van der Waals surface area contributed by atoms with E-state index in [0.717, 1.165) is 11.3 Å². The number of hydrogen-bond acceptors (Lipinski definition) is 12. The average molecular weight is 511 g/mol. The lowest BCUT2D eigenvalue weighted by atomic mass is 10.0. The van der Waals surface area contributed by atoms with Crippen LogP contribution in [0.1, 0.15) is 18.7 Å². The molecule has 1 aromatic heterocycles. The third-order valence-corrected chi connectivity index (χ3v) is 6.99. The average Bonchev–Trinajstić information content (AvgIpc) is 3.10. The molecule has 1 aliphatic rings. The first-order valence-corrected chi connectivity index (χ1v) is 12.3. The summed E-state index contributed by atoms with van der Waals surface area (Å²) < 4.78 is 32.6. The third kappa shape index (κ3) is 5.85. The minimum Gasteiger partial charge on any atom is -0.478 e. The third-order valence-electron chi connectivity index (χ3n) is 4.11. The second-order valence-corrected chi connectivity index (χ2v) is 10.4. The molecule has 2 atom stereocenters. The van der Waals surface area contributed by atoms with Gasteiger partial charge >= 0.3 is 16.3 Å². The van der Waals surface area contributed by atoms with Crippen LogP contribution in [-0.2, 0) is 29.5 Å². The zero-order valence-corrected chi connectivity index (χ0v) is 19.4. The number of thioether (sulfide) groups is 1. The number of nitrogens with zero attached hydrogens (tertiary/aromatic N) is 3. The zero-order valence-electron chi connectivity index (χ0n) is 16.9. The highest BCUT2D eigenvalue weighted by Crippen LogP contribution is 2.27. The van der Waals surface area contributed by atoms with E-state index in [1.165, 1.54) is 31.8 Å². The highest BCUT2D eigenvalue weighted by atomic mass is 32.2. The molecule has 0 spiro atoms. The van der Waals surface area contributed by atoms with Crippen molar-refractivity contribution in [1.29, 1.82) is 0 Å². The Morgan fingerprint density at radius 3 is 2.62 bits per heavy atom. The van der Waals surface area contributed by atoms with Crippen molar-refractivity contribution < 1.29 is 37.3 Å². The van der Waals surface area contributed by atoms with E-state index in [-0.39, 0.29) is 20.1 Å². The van der Waals surface area contributed by atoms with Crippen molar-refractivity contribution in [3.8, 4) is 0 Å². The number of nitrogen functional groups attached to an aromatic ring is 1. The van der Waals surface area contributed by atoms with Gasteiger partial charge in [0.15, 0.2) is 10.8 Å². The minimum absolute atomic E-state index is 0.0657. The Morgan fingerprint density at radius 2 is 2.12 bits per heavy atom. The standard InChI is InChI=1S/C15H22N6O8S3/c1-15(2,13(24)25)29-20-10(8-5-18-14(17)31-8)11(22)19-9-7(6-30-4-3-16)21(12(9)23)32(26,27)28/h5,7,9H,3-4,6,16H2,1-2H3,(H2,17,18)(H,19,22)(H,24,25)(H,26,27,28)/b20-10-/t7-,9-/m0/s1. The van der Waals surface area contributed by atoms with Gasteiger partial charge in [-0.15, -0.1) is 0 Å². The van der Waals surface area contributed by atoms with E-state index in [4.69, 9.17) is 16.3 Å². The van der Waals surface area contributed by atoms with Crippen molar-refractivity contribution in [3.05, 3.63) is 11.1 Å². The largest absolute Gasteiger partial charge is 0.478 e. The first-order valence-electron chi connectivity index (χ1n) is 8.90. The van der Waals surface area contributed by atoms with E-state index in [9.17, 15) is 32.5 Å². The van der Waals surface area contributed by atoms with E-state index in [1.807, 2.05) is 0 Å². The number of oxime groups is 1. The quantitative estimate of drug-likeness (QED) is 0.0753. The van der Waals surface area contributed by atoms with Gasteiger partial charge in [-0.2, -0.15) is 20.2 Å². The molecule has 178 valence electrons. The summed E-state index contributed by atoms with van der Waals surface area (Å²) >= 11 is 2.08. The van der Waals surface area contributed by atoms with Crippen molar-refractivity contribution in [3.63, 3.8) is 0 Å². The number of anilines is 1. The predicted molar refractivity (Wildman–Crippen MR) is 116 cm³/mol. The van der Waals surface area contributed by atoms with Crippen LogP contribution in [-0.4, -0.2) is 86.6 Å². The van der Waals surface area contributed by atoms with Crippen molar-refractivity contribution in [2.45, 2.75) is 31.5 Å². The molecule has 1 aliphatic heterocycles. The highest BCUT2D eigenvalue weighted by Gasteiger charge is 2.54. The van der Waals surface area contributed by atoms with E-state index in [1.54, 1.807) is 0 Å². The van der Waals surface area contributed by atoms with Crippen molar-refractivity contribution >= 4 is 62.0 Å². The molecule has 0 aliphatic carbocycles. The number of thiazole rings is 1. The van der Waals surface area contributed by atoms with Gasteiger partial charge in [0.25, 0.3) is 11.8 Å². The van der Waals surface area contributed by atoms with Crippen LogP contribution < -0.4 is 16.8 Å². The molecule has 0 unspecified atom stereocenters. The van der Waals surface area contributed by atoms with Gasteiger partial charge in [0.2, 0.25) is 5.60 Å². The lowest BCUT2D eigenvalue weighted by Gasteiger charge is -2.44. The summed E-state index contributed by atoms with van der Waals surface area (Å²) in [5.41, 5.74) is 8.79. The molecule has 2 heterocycles. The predicted octanol–water partition coefficient (Wildman–Crippen LogP) is -1.50. The summed E-state index contributed by atoms with van der Waals surface area (Å²) in [7, 11) is -4.84. The maximum atomic E-state index is 12.9. The fourth-order valence-corrected chi connectivity index (χ4v) is 4.97. The van der Waals surface area contributed by atoms with Crippen LogP contribution in [0.25, 0.3) is 0 Å². The number of nitrogens with two attached hydrogens (primary N) is 2. The van der Waals surface area contributed by atoms with Gasteiger partial charge in [0.1, 0.15) is 6.04 Å². The number of carbonyl (C=O) groups is 3. The van der Waals surface area contributed by atoms with Gasteiger partial charge in [-0.3, -0.25) is 14.1 Å². The number of amides is 2. The maximum Gasteiger partial charge on any atom is 0.362 e. The van der Waals surface area contributed by atoms with Gasteiger partial charge in [0.05, 0.1) is 10.9 Å². The van der Waals surface area contributed by atoms with Crippen molar-refractivity contribution in [2.24, 2.45) is 10.9 Å². The van der Waals surface area contributed by atoms with Crippen molar-refractivity contribution in [1.82, 2.24) is 14.6 Å². The van der Waals surface area contributed by atoms with Crippen molar-refractivity contribution in [2.75, 3.05) is 23.8 Å². The molecule has 2 amide bonds.